The molecule has 0 spiro atoms. The molecule has 28 heavy (non-hydrogen) atoms. The standard InChI is InChI=1S/C19H20N6O3/c1-11-10-16(22-19(27)21-14-7-3-4-9-15(14)28-2)25(24-11)18-20-13-8-5-6-12(13)17(26)23-18/h3-4,7,9-10H,5-6,8H2,1-2H3,(H,20,23,26)(H2,21,22,27). The Balaban J connectivity index is 1.61. The van der Waals surface area contributed by atoms with Crippen LogP contribution in [-0.2, 0) is 12.8 Å². The van der Waals surface area contributed by atoms with Crippen LogP contribution in [0.5, 0.6) is 5.75 Å². The van der Waals surface area contributed by atoms with Crippen molar-refractivity contribution >= 4 is 17.5 Å². The molecule has 3 aromatic rings. The van der Waals surface area contributed by atoms with Crippen molar-refractivity contribution in [2.45, 2.75) is 26.2 Å². The second-order valence-electron chi connectivity index (χ2n) is 6.53. The minimum atomic E-state index is -0.464. The van der Waals surface area contributed by atoms with Crippen molar-refractivity contribution in [2.24, 2.45) is 0 Å². The summed E-state index contributed by atoms with van der Waals surface area (Å²) in [6, 6.07) is 8.34. The fourth-order valence-electron chi connectivity index (χ4n) is 3.30. The van der Waals surface area contributed by atoms with Crippen molar-refractivity contribution < 1.29 is 9.53 Å². The Hall–Kier alpha value is -3.62. The van der Waals surface area contributed by atoms with Crippen LogP contribution < -0.4 is 20.9 Å². The van der Waals surface area contributed by atoms with E-state index >= 15 is 0 Å². The van der Waals surface area contributed by atoms with Gasteiger partial charge in [-0.3, -0.25) is 15.1 Å². The molecule has 0 saturated carbocycles. The number of fused-ring (bicyclic) bond motifs is 1. The van der Waals surface area contributed by atoms with Gasteiger partial charge in [0.15, 0.2) is 0 Å². The Bertz CT molecular complexity index is 1100. The molecule has 9 heteroatoms. The SMILES string of the molecule is COc1ccccc1NC(=O)Nc1cc(C)nn1-c1nc2c(c(=O)[nH]1)CCC2. The lowest BCUT2D eigenvalue weighted by Crippen LogP contribution is -2.23. The molecule has 1 aliphatic carbocycles. The number of methoxy groups -OCH3 is 1. The van der Waals surface area contributed by atoms with E-state index in [-0.39, 0.29) is 11.5 Å². The molecule has 0 radical (unpaired) electrons. The number of aromatic amines is 1. The number of nitrogens with one attached hydrogen (secondary N) is 3. The van der Waals surface area contributed by atoms with Gasteiger partial charge in [-0.05, 0) is 38.3 Å². The van der Waals surface area contributed by atoms with Crippen molar-refractivity contribution in [3.63, 3.8) is 0 Å². The molecular weight excluding hydrogens is 360 g/mol. The van der Waals surface area contributed by atoms with Gasteiger partial charge in [0.05, 0.1) is 24.2 Å². The largest absolute Gasteiger partial charge is 0.495 e. The molecule has 3 N–H and O–H groups in total. The predicted octanol–water partition coefficient (Wildman–Crippen LogP) is 2.41. The lowest BCUT2D eigenvalue weighted by molar-refractivity contribution is 0.262. The normalized spacial score (nSPS) is 12.5. The maximum Gasteiger partial charge on any atom is 0.324 e. The number of benzene rings is 1. The lowest BCUT2D eigenvalue weighted by atomic mass is 10.3. The second kappa shape index (κ2) is 7.18. The molecule has 0 unspecified atom stereocenters. The van der Waals surface area contributed by atoms with Crippen molar-refractivity contribution in [1.29, 1.82) is 0 Å². The molecule has 1 aromatic carbocycles. The van der Waals surface area contributed by atoms with E-state index in [2.05, 4.69) is 25.7 Å². The Morgan fingerprint density at radius 1 is 1.25 bits per heavy atom. The van der Waals surface area contributed by atoms with E-state index in [1.54, 1.807) is 31.2 Å². The summed E-state index contributed by atoms with van der Waals surface area (Å²) in [5, 5.41) is 9.85. The Labute approximate surface area is 160 Å². The first kappa shape index (κ1) is 17.8. The summed E-state index contributed by atoms with van der Waals surface area (Å²) < 4.78 is 6.67. The van der Waals surface area contributed by atoms with Gasteiger partial charge >= 0.3 is 6.03 Å². The van der Waals surface area contributed by atoms with Crippen LogP contribution >= 0.6 is 0 Å². The van der Waals surface area contributed by atoms with Crippen LogP contribution in [0.25, 0.3) is 5.95 Å². The summed E-state index contributed by atoms with van der Waals surface area (Å²) in [7, 11) is 1.53. The monoisotopic (exact) mass is 380 g/mol. The number of carbonyl (C=O) groups excluding carboxylic acids is 1. The fourth-order valence-corrected chi connectivity index (χ4v) is 3.30. The molecule has 0 aliphatic heterocycles. The zero-order valence-corrected chi connectivity index (χ0v) is 15.6. The Morgan fingerprint density at radius 3 is 2.89 bits per heavy atom. The highest BCUT2D eigenvalue weighted by Gasteiger charge is 2.20. The van der Waals surface area contributed by atoms with E-state index in [0.717, 1.165) is 30.5 Å². The number of para-hydroxylation sites is 2. The highest BCUT2D eigenvalue weighted by Crippen LogP contribution is 2.24. The number of hydrogen-bond acceptors (Lipinski definition) is 5. The van der Waals surface area contributed by atoms with Gasteiger partial charge in [0, 0.05) is 11.6 Å². The van der Waals surface area contributed by atoms with Crippen molar-refractivity contribution in [1.82, 2.24) is 19.7 Å². The van der Waals surface area contributed by atoms with E-state index in [0.29, 0.717) is 22.9 Å². The summed E-state index contributed by atoms with van der Waals surface area (Å²) in [4.78, 5) is 32.1. The summed E-state index contributed by atoms with van der Waals surface area (Å²) in [6.07, 6.45) is 2.42. The van der Waals surface area contributed by atoms with Gasteiger partial charge < -0.3 is 10.1 Å². The molecule has 0 saturated heterocycles. The molecule has 0 bridgehead atoms. The van der Waals surface area contributed by atoms with Crippen LogP contribution in [0.3, 0.4) is 0 Å². The quantitative estimate of drug-likeness (QED) is 0.643. The van der Waals surface area contributed by atoms with Crippen LogP contribution in [0.4, 0.5) is 16.3 Å². The zero-order chi connectivity index (χ0) is 19.7. The second-order valence-corrected chi connectivity index (χ2v) is 6.53. The minimum Gasteiger partial charge on any atom is -0.495 e. The number of H-pyrrole nitrogens is 1. The molecule has 2 aromatic heterocycles. The average molecular weight is 380 g/mol. The Morgan fingerprint density at radius 2 is 2.07 bits per heavy atom. The van der Waals surface area contributed by atoms with Gasteiger partial charge in [0.25, 0.3) is 5.56 Å². The highest BCUT2D eigenvalue weighted by molar-refractivity contribution is 6.00. The van der Waals surface area contributed by atoms with Crippen LogP contribution in [-0.4, -0.2) is 32.9 Å². The fraction of sp³-hybridized carbons (Fsp3) is 0.263. The first-order valence-electron chi connectivity index (χ1n) is 8.95. The third-order valence-corrected chi connectivity index (χ3v) is 4.56. The van der Waals surface area contributed by atoms with Crippen molar-refractivity contribution in [3.05, 3.63) is 57.6 Å². The van der Waals surface area contributed by atoms with E-state index in [1.807, 2.05) is 6.07 Å². The number of aryl methyl sites for hydroxylation is 2. The number of urea groups is 1. The van der Waals surface area contributed by atoms with Crippen LogP contribution in [0.1, 0.15) is 23.4 Å². The van der Waals surface area contributed by atoms with Gasteiger partial charge in [-0.2, -0.15) is 9.78 Å². The number of aromatic nitrogens is 4. The summed E-state index contributed by atoms with van der Waals surface area (Å²) in [5.74, 6) is 1.23. The molecule has 9 nitrogen and oxygen atoms in total. The predicted molar refractivity (Wildman–Crippen MR) is 104 cm³/mol. The molecule has 144 valence electrons. The number of hydrogen-bond donors (Lipinski definition) is 3. The summed E-state index contributed by atoms with van der Waals surface area (Å²) in [6.45, 7) is 1.80. The topological polar surface area (TPSA) is 114 Å². The molecular formula is C19H20N6O3. The smallest absolute Gasteiger partial charge is 0.324 e. The molecule has 2 heterocycles. The molecule has 4 rings (SSSR count). The van der Waals surface area contributed by atoms with Gasteiger partial charge in [-0.25, -0.2) is 9.78 Å². The maximum atomic E-state index is 12.5. The van der Waals surface area contributed by atoms with Crippen LogP contribution in [0.15, 0.2) is 35.1 Å². The van der Waals surface area contributed by atoms with Gasteiger partial charge in [0.1, 0.15) is 11.6 Å². The third kappa shape index (κ3) is 3.34. The van der Waals surface area contributed by atoms with E-state index < -0.39 is 6.03 Å². The number of anilines is 2. The average Bonchev–Trinajstić information content (AvgIpc) is 3.28. The van der Waals surface area contributed by atoms with Crippen LogP contribution in [0, 0.1) is 6.92 Å². The molecule has 2 amide bonds. The summed E-state index contributed by atoms with van der Waals surface area (Å²) >= 11 is 0. The zero-order valence-electron chi connectivity index (χ0n) is 15.6. The van der Waals surface area contributed by atoms with Crippen molar-refractivity contribution in [2.75, 3.05) is 17.7 Å². The van der Waals surface area contributed by atoms with Crippen molar-refractivity contribution in [3.8, 4) is 11.7 Å². The molecule has 1 aliphatic rings. The third-order valence-electron chi connectivity index (χ3n) is 4.56. The first-order chi connectivity index (χ1) is 13.5. The Kier molecular flexibility index (Phi) is 4.56. The van der Waals surface area contributed by atoms with Gasteiger partial charge in [-0.15, -0.1) is 0 Å². The maximum absolute atomic E-state index is 12.5. The van der Waals surface area contributed by atoms with E-state index in [4.69, 9.17) is 4.74 Å². The highest BCUT2D eigenvalue weighted by atomic mass is 16.5. The van der Waals surface area contributed by atoms with E-state index in [9.17, 15) is 9.59 Å². The molecule has 0 atom stereocenters. The lowest BCUT2D eigenvalue weighted by Gasteiger charge is -2.12. The number of amides is 2. The number of carbonyl (C=O) groups is 1. The minimum absolute atomic E-state index is 0.157. The van der Waals surface area contributed by atoms with E-state index in [1.165, 1.54) is 11.8 Å². The number of ether oxygens (including phenoxy) is 1. The summed E-state index contributed by atoms with van der Waals surface area (Å²) in [5.41, 5.74) is 2.58. The van der Waals surface area contributed by atoms with Crippen LogP contribution in [0.2, 0.25) is 0 Å². The molecule has 0 fully saturated rings. The number of nitrogens with zero attached hydrogens (tertiary/aromatic N) is 3. The number of rotatable bonds is 4. The van der Waals surface area contributed by atoms with Gasteiger partial charge in [0.2, 0.25) is 5.95 Å². The first-order valence-corrected chi connectivity index (χ1v) is 8.95. The van der Waals surface area contributed by atoms with Gasteiger partial charge in [-0.1, -0.05) is 12.1 Å².